The summed E-state index contributed by atoms with van der Waals surface area (Å²) in [5, 5.41) is 2.96. The van der Waals surface area contributed by atoms with E-state index in [9.17, 15) is 13.2 Å². The van der Waals surface area contributed by atoms with E-state index in [2.05, 4.69) is 19.2 Å². The summed E-state index contributed by atoms with van der Waals surface area (Å²) >= 11 is 0. The molecular formula is C24H32N2O5S. The first kappa shape index (κ1) is 24.1. The Morgan fingerprint density at radius 2 is 1.59 bits per heavy atom. The van der Waals surface area contributed by atoms with Gasteiger partial charge in [-0.2, -0.15) is 4.31 Å². The maximum atomic E-state index is 13.0. The number of hydrogen-bond donors (Lipinski definition) is 1. The summed E-state index contributed by atoms with van der Waals surface area (Å²) in [6.07, 6.45) is 0.993. The fourth-order valence-corrected chi connectivity index (χ4v) is 5.30. The summed E-state index contributed by atoms with van der Waals surface area (Å²) in [7, 11) is -0.388. The van der Waals surface area contributed by atoms with Crippen LogP contribution >= 0.6 is 0 Å². The number of sulfonamides is 1. The van der Waals surface area contributed by atoms with Gasteiger partial charge in [-0.25, -0.2) is 8.42 Å². The van der Waals surface area contributed by atoms with Crippen molar-refractivity contribution in [2.24, 2.45) is 5.92 Å². The number of carbonyl (C=O) groups excluding carboxylic acids is 1. The van der Waals surface area contributed by atoms with Crippen LogP contribution < -0.4 is 14.8 Å². The smallest absolute Gasteiger partial charge is 0.243 e. The van der Waals surface area contributed by atoms with Crippen molar-refractivity contribution in [1.29, 1.82) is 0 Å². The third-order valence-electron chi connectivity index (χ3n) is 5.89. The quantitative estimate of drug-likeness (QED) is 0.651. The maximum absolute atomic E-state index is 13.0. The number of rotatable bonds is 8. The lowest BCUT2D eigenvalue weighted by atomic mass is 9.97. The Hall–Kier alpha value is -2.58. The number of nitrogens with zero attached hydrogens (tertiary/aromatic N) is 1. The third-order valence-corrected chi connectivity index (χ3v) is 7.80. The number of hydrogen-bond acceptors (Lipinski definition) is 5. The maximum Gasteiger partial charge on any atom is 0.243 e. The van der Waals surface area contributed by atoms with Crippen molar-refractivity contribution in [2.75, 3.05) is 27.3 Å². The lowest BCUT2D eigenvalue weighted by Gasteiger charge is -2.30. The van der Waals surface area contributed by atoms with E-state index >= 15 is 0 Å². The molecule has 1 amide bonds. The Morgan fingerprint density at radius 1 is 1.03 bits per heavy atom. The second-order valence-corrected chi connectivity index (χ2v) is 10.3. The SMILES string of the molecule is COc1cc(CNC(=O)C2CCN(S(=O)(=O)c3ccc(C(C)C)cc3)CC2)cc(OC)c1. The molecule has 1 N–H and O–H groups in total. The highest BCUT2D eigenvalue weighted by atomic mass is 32.2. The van der Waals surface area contributed by atoms with Crippen molar-refractivity contribution in [3.63, 3.8) is 0 Å². The van der Waals surface area contributed by atoms with Crippen LogP contribution in [0.25, 0.3) is 0 Å². The number of carbonyl (C=O) groups is 1. The molecule has 0 unspecified atom stereocenters. The molecule has 1 aliphatic rings. The number of nitrogens with one attached hydrogen (secondary N) is 1. The first-order chi connectivity index (χ1) is 15.2. The van der Waals surface area contributed by atoms with Crippen molar-refractivity contribution >= 4 is 15.9 Å². The summed E-state index contributed by atoms with van der Waals surface area (Å²) < 4.78 is 38.0. The third kappa shape index (κ3) is 5.61. The first-order valence-corrected chi connectivity index (χ1v) is 12.3. The van der Waals surface area contributed by atoms with E-state index in [-0.39, 0.29) is 11.8 Å². The molecule has 1 aliphatic heterocycles. The number of benzene rings is 2. The Balaban J connectivity index is 1.56. The minimum Gasteiger partial charge on any atom is -0.497 e. The Kier molecular flexibility index (Phi) is 7.79. The van der Waals surface area contributed by atoms with Gasteiger partial charge in [0.05, 0.1) is 19.1 Å². The zero-order valence-corrected chi connectivity index (χ0v) is 19.9. The van der Waals surface area contributed by atoms with Gasteiger partial charge in [-0.3, -0.25) is 4.79 Å². The van der Waals surface area contributed by atoms with Gasteiger partial charge in [0, 0.05) is 31.6 Å². The molecule has 0 aromatic heterocycles. The van der Waals surface area contributed by atoms with E-state index in [4.69, 9.17) is 9.47 Å². The zero-order chi connectivity index (χ0) is 23.3. The van der Waals surface area contributed by atoms with Gasteiger partial charge in [0.25, 0.3) is 0 Å². The summed E-state index contributed by atoms with van der Waals surface area (Å²) in [6, 6.07) is 12.6. The van der Waals surface area contributed by atoms with Crippen LogP contribution in [-0.4, -0.2) is 45.9 Å². The van der Waals surface area contributed by atoms with Gasteiger partial charge in [-0.15, -0.1) is 0 Å². The van der Waals surface area contributed by atoms with Crippen LogP contribution in [-0.2, 0) is 21.4 Å². The van der Waals surface area contributed by atoms with Crippen LogP contribution in [0.2, 0.25) is 0 Å². The Morgan fingerprint density at radius 3 is 2.09 bits per heavy atom. The molecule has 0 spiro atoms. The van der Waals surface area contributed by atoms with Crippen molar-refractivity contribution in [1.82, 2.24) is 9.62 Å². The van der Waals surface area contributed by atoms with Crippen LogP contribution in [0, 0.1) is 5.92 Å². The van der Waals surface area contributed by atoms with Crippen LogP contribution in [0.3, 0.4) is 0 Å². The molecule has 1 saturated heterocycles. The van der Waals surface area contributed by atoms with E-state index in [1.807, 2.05) is 24.3 Å². The second-order valence-electron chi connectivity index (χ2n) is 8.34. The highest BCUT2D eigenvalue weighted by Crippen LogP contribution is 2.26. The van der Waals surface area contributed by atoms with Crippen LogP contribution in [0.1, 0.15) is 43.7 Å². The van der Waals surface area contributed by atoms with Gasteiger partial charge < -0.3 is 14.8 Å². The molecule has 8 heteroatoms. The van der Waals surface area contributed by atoms with Crippen molar-refractivity contribution in [3.8, 4) is 11.5 Å². The van der Waals surface area contributed by atoms with Gasteiger partial charge in [0.1, 0.15) is 11.5 Å². The Labute approximate surface area is 190 Å². The van der Waals surface area contributed by atoms with E-state index < -0.39 is 10.0 Å². The Bertz CT molecular complexity index is 1000. The van der Waals surface area contributed by atoms with Gasteiger partial charge in [-0.1, -0.05) is 26.0 Å². The monoisotopic (exact) mass is 460 g/mol. The van der Waals surface area contributed by atoms with Crippen LogP contribution in [0.15, 0.2) is 47.4 Å². The molecule has 7 nitrogen and oxygen atoms in total. The average Bonchev–Trinajstić information content (AvgIpc) is 2.82. The van der Waals surface area contributed by atoms with Crippen LogP contribution in [0.5, 0.6) is 11.5 Å². The average molecular weight is 461 g/mol. The topological polar surface area (TPSA) is 84.9 Å². The summed E-state index contributed by atoms with van der Waals surface area (Å²) in [6.45, 7) is 5.17. The number of amides is 1. The number of piperidine rings is 1. The van der Waals surface area contributed by atoms with Gasteiger partial charge in [-0.05, 0) is 54.2 Å². The molecule has 2 aromatic carbocycles. The molecule has 0 aliphatic carbocycles. The lowest BCUT2D eigenvalue weighted by molar-refractivity contribution is -0.126. The molecule has 0 radical (unpaired) electrons. The van der Waals surface area contributed by atoms with Crippen molar-refractivity contribution in [2.45, 2.75) is 44.0 Å². The molecule has 1 fully saturated rings. The standard InChI is InChI=1S/C24H32N2O5S/c1-17(2)19-5-7-23(8-6-19)32(28,29)26-11-9-20(10-12-26)24(27)25-16-18-13-21(30-3)15-22(14-18)31-4/h5-8,13-15,17,20H,9-12,16H2,1-4H3,(H,25,27). The van der Waals surface area contributed by atoms with E-state index in [1.54, 1.807) is 32.4 Å². The fourth-order valence-electron chi connectivity index (χ4n) is 3.83. The second kappa shape index (κ2) is 10.4. The molecule has 3 rings (SSSR count). The zero-order valence-electron chi connectivity index (χ0n) is 19.1. The van der Waals surface area contributed by atoms with Gasteiger partial charge in [0.2, 0.25) is 15.9 Å². The molecule has 174 valence electrons. The van der Waals surface area contributed by atoms with E-state index in [1.165, 1.54) is 4.31 Å². The first-order valence-electron chi connectivity index (χ1n) is 10.8. The fraction of sp³-hybridized carbons (Fsp3) is 0.458. The molecule has 0 saturated carbocycles. The highest BCUT2D eigenvalue weighted by molar-refractivity contribution is 7.89. The summed E-state index contributed by atoms with van der Waals surface area (Å²) in [5.41, 5.74) is 1.98. The molecule has 0 bridgehead atoms. The minimum atomic E-state index is -3.55. The highest BCUT2D eigenvalue weighted by Gasteiger charge is 2.32. The van der Waals surface area contributed by atoms with E-state index in [0.717, 1.165) is 11.1 Å². The lowest BCUT2D eigenvalue weighted by Crippen LogP contribution is -2.42. The normalized spacial score (nSPS) is 15.5. The summed E-state index contributed by atoms with van der Waals surface area (Å²) in [5.74, 6) is 1.39. The number of methoxy groups -OCH3 is 2. The molecule has 0 atom stereocenters. The van der Waals surface area contributed by atoms with Crippen molar-refractivity contribution < 1.29 is 22.7 Å². The minimum absolute atomic E-state index is 0.0647. The van der Waals surface area contributed by atoms with Crippen molar-refractivity contribution in [3.05, 3.63) is 53.6 Å². The van der Waals surface area contributed by atoms with E-state index in [0.29, 0.717) is 54.8 Å². The molecule has 1 heterocycles. The summed E-state index contributed by atoms with van der Waals surface area (Å²) in [4.78, 5) is 13.0. The van der Waals surface area contributed by atoms with Gasteiger partial charge in [0.15, 0.2) is 0 Å². The molecular weight excluding hydrogens is 428 g/mol. The van der Waals surface area contributed by atoms with Crippen LogP contribution in [0.4, 0.5) is 0 Å². The number of ether oxygens (including phenoxy) is 2. The van der Waals surface area contributed by atoms with Gasteiger partial charge >= 0.3 is 0 Å². The molecule has 2 aromatic rings. The molecule has 32 heavy (non-hydrogen) atoms. The largest absolute Gasteiger partial charge is 0.497 e. The predicted octanol–water partition coefficient (Wildman–Crippen LogP) is 3.54. The predicted molar refractivity (Wildman–Crippen MR) is 123 cm³/mol.